The Bertz CT molecular complexity index is 823. The minimum absolute atomic E-state index is 0.0837. The van der Waals surface area contributed by atoms with Gasteiger partial charge in [0.2, 0.25) is 5.75 Å². The average Bonchev–Trinajstić information content (AvgIpc) is 2.71. The maximum absolute atomic E-state index is 12.4. The highest BCUT2D eigenvalue weighted by Crippen LogP contribution is 2.38. The van der Waals surface area contributed by atoms with Crippen molar-refractivity contribution in [1.82, 2.24) is 0 Å². The Labute approximate surface area is 159 Å². The van der Waals surface area contributed by atoms with Crippen LogP contribution < -0.4 is 18.9 Å². The molecule has 0 fully saturated rings. The molecular formula is C22H24O5. The Morgan fingerprint density at radius 2 is 1.41 bits per heavy atom. The van der Waals surface area contributed by atoms with Gasteiger partial charge in [0.05, 0.1) is 28.4 Å². The van der Waals surface area contributed by atoms with Crippen molar-refractivity contribution in [3.8, 4) is 23.0 Å². The molecular weight excluding hydrogens is 344 g/mol. The molecule has 0 heterocycles. The molecule has 0 unspecified atom stereocenters. The molecule has 142 valence electrons. The molecule has 0 aromatic heterocycles. The van der Waals surface area contributed by atoms with E-state index in [9.17, 15) is 4.79 Å². The SMILES string of the molecule is COc1ccc(/C=C(\C)C(=O)/C=C/c2cc(OC)c(OC)c(OC)c2)cc1. The van der Waals surface area contributed by atoms with Crippen LogP contribution in [0.4, 0.5) is 0 Å². The van der Waals surface area contributed by atoms with Crippen LogP contribution in [0, 0.1) is 0 Å². The molecule has 0 amide bonds. The number of methoxy groups -OCH3 is 4. The van der Waals surface area contributed by atoms with E-state index in [-0.39, 0.29) is 5.78 Å². The zero-order valence-electron chi connectivity index (χ0n) is 16.2. The van der Waals surface area contributed by atoms with Crippen LogP contribution >= 0.6 is 0 Å². The zero-order chi connectivity index (χ0) is 19.8. The largest absolute Gasteiger partial charge is 0.497 e. The molecule has 0 saturated carbocycles. The standard InChI is InChI=1S/C22H24O5/c1-15(12-16-6-9-18(24-2)10-7-16)19(23)11-8-17-13-20(25-3)22(27-5)21(14-17)26-4/h6-14H,1-5H3/b11-8+,15-12+. The van der Waals surface area contributed by atoms with Gasteiger partial charge < -0.3 is 18.9 Å². The molecule has 0 aliphatic heterocycles. The van der Waals surface area contributed by atoms with E-state index in [1.165, 1.54) is 6.08 Å². The number of allylic oxidation sites excluding steroid dienone is 2. The lowest BCUT2D eigenvalue weighted by molar-refractivity contribution is -0.111. The summed E-state index contributed by atoms with van der Waals surface area (Å²) in [7, 11) is 6.27. The van der Waals surface area contributed by atoms with Gasteiger partial charge in [-0.1, -0.05) is 18.2 Å². The first kappa shape index (κ1) is 20.1. The van der Waals surface area contributed by atoms with E-state index in [2.05, 4.69) is 0 Å². The van der Waals surface area contributed by atoms with Crippen molar-refractivity contribution in [1.29, 1.82) is 0 Å². The lowest BCUT2D eigenvalue weighted by atomic mass is 10.1. The van der Waals surface area contributed by atoms with Gasteiger partial charge in [0.25, 0.3) is 0 Å². The molecule has 5 nitrogen and oxygen atoms in total. The molecule has 0 radical (unpaired) electrons. The zero-order valence-corrected chi connectivity index (χ0v) is 16.2. The highest BCUT2D eigenvalue weighted by Gasteiger charge is 2.12. The summed E-state index contributed by atoms with van der Waals surface area (Å²) in [5.41, 5.74) is 2.33. The predicted octanol–water partition coefficient (Wildman–Crippen LogP) is 4.41. The molecule has 0 spiro atoms. The van der Waals surface area contributed by atoms with Crippen molar-refractivity contribution < 1.29 is 23.7 Å². The third-order valence-electron chi connectivity index (χ3n) is 4.00. The number of carbonyl (C=O) groups excluding carboxylic acids is 1. The van der Waals surface area contributed by atoms with Crippen molar-refractivity contribution in [3.63, 3.8) is 0 Å². The Morgan fingerprint density at radius 3 is 1.89 bits per heavy atom. The van der Waals surface area contributed by atoms with Gasteiger partial charge in [-0.15, -0.1) is 0 Å². The highest BCUT2D eigenvalue weighted by molar-refractivity contribution is 6.08. The third-order valence-corrected chi connectivity index (χ3v) is 4.00. The minimum Gasteiger partial charge on any atom is -0.497 e. The van der Waals surface area contributed by atoms with E-state index in [1.54, 1.807) is 53.6 Å². The molecule has 0 aliphatic rings. The lowest BCUT2D eigenvalue weighted by Crippen LogP contribution is -1.96. The minimum atomic E-state index is -0.0837. The highest BCUT2D eigenvalue weighted by atomic mass is 16.5. The van der Waals surface area contributed by atoms with E-state index < -0.39 is 0 Å². The normalized spacial score (nSPS) is 11.4. The second kappa shape index (κ2) is 9.48. The van der Waals surface area contributed by atoms with Crippen molar-refractivity contribution in [3.05, 3.63) is 59.2 Å². The number of ketones is 1. The average molecular weight is 368 g/mol. The summed E-state index contributed by atoms with van der Waals surface area (Å²) in [6.07, 6.45) is 5.08. The van der Waals surface area contributed by atoms with E-state index in [4.69, 9.17) is 18.9 Å². The van der Waals surface area contributed by atoms with Crippen LogP contribution in [-0.2, 0) is 4.79 Å². The van der Waals surface area contributed by atoms with Crippen LogP contribution in [0.3, 0.4) is 0 Å². The van der Waals surface area contributed by atoms with Gasteiger partial charge in [-0.05, 0) is 60.0 Å². The van der Waals surface area contributed by atoms with Crippen molar-refractivity contribution in [2.24, 2.45) is 0 Å². The summed E-state index contributed by atoms with van der Waals surface area (Å²) in [5.74, 6) is 2.28. The number of hydrogen-bond donors (Lipinski definition) is 0. The molecule has 2 aromatic rings. The Morgan fingerprint density at radius 1 is 0.815 bits per heavy atom. The Kier molecular flexibility index (Phi) is 7.06. The van der Waals surface area contributed by atoms with Gasteiger partial charge in [0.15, 0.2) is 17.3 Å². The first-order valence-electron chi connectivity index (χ1n) is 8.37. The number of benzene rings is 2. The Hall–Kier alpha value is -3.21. The second-order valence-electron chi connectivity index (χ2n) is 5.76. The molecule has 0 aliphatic carbocycles. The smallest absolute Gasteiger partial charge is 0.203 e. The molecule has 27 heavy (non-hydrogen) atoms. The molecule has 0 bridgehead atoms. The summed E-state index contributed by atoms with van der Waals surface area (Å²) in [6, 6.07) is 11.1. The maximum atomic E-state index is 12.4. The lowest BCUT2D eigenvalue weighted by Gasteiger charge is -2.12. The first-order chi connectivity index (χ1) is 13.0. The van der Waals surface area contributed by atoms with E-state index in [0.717, 1.165) is 16.9 Å². The van der Waals surface area contributed by atoms with Crippen LogP contribution in [0.15, 0.2) is 48.0 Å². The summed E-state index contributed by atoms with van der Waals surface area (Å²) >= 11 is 0. The molecule has 2 aromatic carbocycles. The number of hydrogen-bond acceptors (Lipinski definition) is 5. The van der Waals surface area contributed by atoms with Gasteiger partial charge in [0.1, 0.15) is 5.75 Å². The van der Waals surface area contributed by atoms with Crippen LogP contribution in [0.5, 0.6) is 23.0 Å². The topological polar surface area (TPSA) is 54.0 Å². The third kappa shape index (κ3) is 5.14. The van der Waals surface area contributed by atoms with E-state index in [0.29, 0.717) is 22.8 Å². The van der Waals surface area contributed by atoms with Gasteiger partial charge in [-0.3, -0.25) is 4.79 Å². The summed E-state index contributed by atoms with van der Waals surface area (Å²) in [4.78, 5) is 12.4. The Balaban J connectivity index is 2.20. The van der Waals surface area contributed by atoms with Crippen molar-refractivity contribution >= 4 is 17.9 Å². The van der Waals surface area contributed by atoms with Gasteiger partial charge in [-0.25, -0.2) is 0 Å². The van der Waals surface area contributed by atoms with Gasteiger partial charge in [0, 0.05) is 0 Å². The van der Waals surface area contributed by atoms with E-state index >= 15 is 0 Å². The monoisotopic (exact) mass is 368 g/mol. The fourth-order valence-electron chi connectivity index (χ4n) is 2.52. The second-order valence-corrected chi connectivity index (χ2v) is 5.76. The molecule has 0 atom stereocenters. The molecule has 5 heteroatoms. The number of rotatable bonds is 8. The fourth-order valence-corrected chi connectivity index (χ4v) is 2.52. The maximum Gasteiger partial charge on any atom is 0.203 e. The van der Waals surface area contributed by atoms with Gasteiger partial charge >= 0.3 is 0 Å². The van der Waals surface area contributed by atoms with Crippen LogP contribution in [0.2, 0.25) is 0 Å². The van der Waals surface area contributed by atoms with E-state index in [1.807, 2.05) is 30.3 Å². The fraction of sp³-hybridized carbons (Fsp3) is 0.227. The van der Waals surface area contributed by atoms with Crippen LogP contribution in [0.1, 0.15) is 18.1 Å². The summed E-state index contributed by atoms with van der Waals surface area (Å²) in [5, 5.41) is 0. The van der Waals surface area contributed by atoms with Crippen LogP contribution in [0.25, 0.3) is 12.2 Å². The summed E-state index contributed by atoms with van der Waals surface area (Å²) in [6.45, 7) is 1.78. The first-order valence-corrected chi connectivity index (χ1v) is 8.37. The summed E-state index contributed by atoms with van der Waals surface area (Å²) < 4.78 is 21.1. The van der Waals surface area contributed by atoms with Crippen molar-refractivity contribution in [2.45, 2.75) is 6.92 Å². The number of ether oxygens (including phenoxy) is 4. The van der Waals surface area contributed by atoms with Gasteiger partial charge in [-0.2, -0.15) is 0 Å². The molecule has 2 rings (SSSR count). The quantitative estimate of drug-likeness (QED) is 0.646. The molecule has 0 N–H and O–H groups in total. The van der Waals surface area contributed by atoms with Crippen molar-refractivity contribution in [2.75, 3.05) is 28.4 Å². The molecule has 0 saturated heterocycles. The predicted molar refractivity (Wildman–Crippen MR) is 107 cm³/mol. The van der Waals surface area contributed by atoms with Crippen LogP contribution in [-0.4, -0.2) is 34.2 Å². The number of carbonyl (C=O) groups is 1.